The molecule has 0 atom stereocenters. The van der Waals surface area contributed by atoms with Crippen molar-refractivity contribution in [2.45, 2.75) is 0 Å². The summed E-state index contributed by atoms with van der Waals surface area (Å²) in [7, 11) is 0. The molecular weight excluding hydrogens is 160 g/mol. The molecule has 2 N–H and O–H groups in total. The van der Waals surface area contributed by atoms with Gasteiger partial charge in [-0.25, -0.2) is 0 Å². The van der Waals surface area contributed by atoms with Crippen molar-refractivity contribution in [1.29, 1.82) is 0 Å². The number of fused-ring (bicyclic) bond motifs is 1. The molecule has 12 heavy (non-hydrogen) atoms. The SMILES string of the molecule is Nn1nnc2c1C(=O)C=CC2=O. The Morgan fingerprint density at radius 3 is 2.58 bits per heavy atom. The molecule has 0 radical (unpaired) electrons. The first-order valence-corrected chi connectivity index (χ1v) is 3.17. The Labute approximate surface area is 66.6 Å². The Bertz CT molecular complexity index is 404. The fourth-order valence-corrected chi connectivity index (χ4v) is 0.998. The largest absolute Gasteiger partial charge is 0.321 e. The topological polar surface area (TPSA) is 90.9 Å². The van der Waals surface area contributed by atoms with Crippen LogP contribution in [0.15, 0.2) is 12.2 Å². The van der Waals surface area contributed by atoms with Crippen LogP contribution in [0.4, 0.5) is 0 Å². The Morgan fingerprint density at radius 2 is 1.92 bits per heavy atom. The van der Waals surface area contributed by atoms with Gasteiger partial charge in [-0.15, -0.1) is 5.10 Å². The maximum Gasteiger partial charge on any atom is 0.208 e. The first-order valence-electron chi connectivity index (χ1n) is 3.17. The van der Waals surface area contributed by atoms with E-state index in [-0.39, 0.29) is 23.0 Å². The predicted molar refractivity (Wildman–Crippen MR) is 38.0 cm³/mol. The number of carbonyl (C=O) groups excluding carboxylic acids is 2. The van der Waals surface area contributed by atoms with Crippen LogP contribution >= 0.6 is 0 Å². The molecule has 1 aliphatic carbocycles. The second-order valence-corrected chi connectivity index (χ2v) is 2.29. The van der Waals surface area contributed by atoms with E-state index in [0.717, 1.165) is 16.9 Å². The van der Waals surface area contributed by atoms with Gasteiger partial charge in [0.05, 0.1) is 0 Å². The van der Waals surface area contributed by atoms with E-state index in [1.807, 2.05) is 0 Å². The van der Waals surface area contributed by atoms with Gasteiger partial charge in [0.1, 0.15) is 0 Å². The van der Waals surface area contributed by atoms with Crippen LogP contribution in [0.25, 0.3) is 0 Å². The molecule has 1 aromatic heterocycles. The van der Waals surface area contributed by atoms with Crippen molar-refractivity contribution in [2.24, 2.45) is 0 Å². The fraction of sp³-hybridized carbons (Fsp3) is 0. The third kappa shape index (κ3) is 0.685. The summed E-state index contributed by atoms with van der Waals surface area (Å²) in [6, 6.07) is 0. The van der Waals surface area contributed by atoms with Gasteiger partial charge in [-0.2, -0.15) is 4.79 Å². The van der Waals surface area contributed by atoms with E-state index >= 15 is 0 Å². The van der Waals surface area contributed by atoms with Crippen LogP contribution in [0, 0.1) is 0 Å². The number of hydrogen-bond donors (Lipinski definition) is 1. The van der Waals surface area contributed by atoms with Gasteiger partial charge in [0.25, 0.3) is 0 Å². The van der Waals surface area contributed by atoms with Crippen LogP contribution in [-0.2, 0) is 0 Å². The highest BCUT2D eigenvalue weighted by Gasteiger charge is 2.25. The van der Waals surface area contributed by atoms with Gasteiger partial charge in [0.2, 0.25) is 11.6 Å². The Hall–Kier alpha value is -1.98. The molecule has 0 aromatic carbocycles. The zero-order valence-corrected chi connectivity index (χ0v) is 5.89. The van der Waals surface area contributed by atoms with E-state index in [1.165, 1.54) is 0 Å². The van der Waals surface area contributed by atoms with Gasteiger partial charge < -0.3 is 5.84 Å². The molecule has 0 saturated heterocycles. The lowest BCUT2D eigenvalue weighted by Gasteiger charge is -2.00. The first kappa shape index (κ1) is 6.71. The minimum atomic E-state index is -0.350. The summed E-state index contributed by atoms with van der Waals surface area (Å²) >= 11 is 0. The van der Waals surface area contributed by atoms with Crippen LogP contribution in [0.2, 0.25) is 0 Å². The number of rotatable bonds is 0. The zero-order chi connectivity index (χ0) is 8.72. The summed E-state index contributed by atoms with van der Waals surface area (Å²) in [6.07, 6.45) is 2.30. The third-order valence-corrected chi connectivity index (χ3v) is 1.55. The highest BCUT2D eigenvalue weighted by molar-refractivity contribution is 6.20. The average molecular weight is 164 g/mol. The molecular formula is C6H4N4O2. The average Bonchev–Trinajstić information content (AvgIpc) is 2.42. The molecule has 0 amide bonds. The quantitative estimate of drug-likeness (QED) is 0.493. The lowest BCUT2D eigenvalue weighted by molar-refractivity contribution is 0.0987. The van der Waals surface area contributed by atoms with E-state index in [0.29, 0.717) is 0 Å². The van der Waals surface area contributed by atoms with Crippen LogP contribution < -0.4 is 5.84 Å². The maximum absolute atomic E-state index is 11.1. The third-order valence-electron chi connectivity index (χ3n) is 1.55. The normalized spacial score (nSPS) is 15.0. The highest BCUT2D eigenvalue weighted by Crippen LogP contribution is 2.11. The summed E-state index contributed by atoms with van der Waals surface area (Å²) in [6.45, 7) is 0. The molecule has 0 bridgehead atoms. The molecule has 0 spiro atoms. The van der Waals surface area contributed by atoms with Gasteiger partial charge in [-0.3, -0.25) is 9.59 Å². The van der Waals surface area contributed by atoms with E-state index in [2.05, 4.69) is 10.3 Å². The molecule has 2 rings (SSSR count). The van der Waals surface area contributed by atoms with Crippen molar-refractivity contribution < 1.29 is 9.59 Å². The van der Waals surface area contributed by atoms with Gasteiger partial charge in [-0.1, -0.05) is 0 Å². The second-order valence-electron chi connectivity index (χ2n) is 2.29. The lowest BCUT2D eigenvalue weighted by Crippen LogP contribution is -2.20. The number of nitrogens with two attached hydrogens (primary N) is 1. The summed E-state index contributed by atoms with van der Waals surface area (Å²) < 4.78 is 0. The van der Waals surface area contributed by atoms with Crippen molar-refractivity contribution >= 4 is 11.6 Å². The molecule has 6 nitrogen and oxygen atoms in total. The van der Waals surface area contributed by atoms with Crippen molar-refractivity contribution in [3.05, 3.63) is 23.5 Å². The number of allylic oxidation sites excluding steroid dienone is 2. The number of nitrogen functional groups attached to an aromatic ring is 1. The van der Waals surface area contributed by atoms with Crippen LogP contribution in [0.1, 0.15) is 21.0 Å². The zero-order valence-electron chi connectivity index (χ0n) is 5.89. The van der Waals surface area contributed by atoms with Crippen molar-refractivity contribution in [1.82, 2.24) is 15.1 Å². The second kappa shape index (κ2) is 2.00. The molecule has 0 fully saturated rings. The standard InChI is InChI=1S/C6H4N4O2/c7-10-6-4(12)2-1-3(11)5(6)8-9-10/h1-2H,7H2. The molecule has 1 heterocycles. The minimum absolute atomic E-state index is 0.0185. The van der Waals surface area contributed by atoms with Gasteiger partial charge in [-0.05, 0) is 17.4 Å². The van der Waals surface area contributed by atoms with E-state index in [1.54, 1.807) is 0 Å². The molecule has 1 aliphatic rings. The number of ketones is 2. The smallest absolute Gasteiger partial charge is 0.208 e. The van der Waals surface area contributed by atoms with Crippen molar-refractivity contribution in [3.63, 3.8) is 0 Å². The Kier molecular flexibility index (Phi) is 1.12. The van der Waals surface area contributed by atoms with E-state index in [9.17, 15) is 9.59 Å². The molecule has 0 unspecified atom stereocenters. The Balaban J connectivity index is 2.72. The van der Waals surface area contributed by atoms with Gasteiger partial charge in [0.15, 0.2) is 11.4 Å². The molecule has 0 saturated carbocycles. The number of carbonyl (C=O) groups is 2. The van der Waals surface area contributed by atoms with Crippen LogP contribution in [0.3, 0.4) is 0 Å². The molecule has 60 valence electrons. The molecule has 1 aromatic rings. The molecule has 0 aliphatic heterocycles. The van der Waals surface area contributed by atoms with E-state index in [4.69, 9.17) is 5.84 Å². The van der Waals surface area contributed by atoms with Crippen molar-refractivity contribution in [2.75, 3.05) is 5.84 Å². The maximum atomic E-state index is 11.1. The summed E-state index contributed by atoms with van der Waals surface area (Å²) in [5.74, 6) is 4.55. The number of aromatic nitrogens is 3. The summed E-state index contributed by atoms with van der Waals surface area (Å²) in [5.41, 5.74) is 0.0625. The van der Waals surface area contributed by atoms with Crippen molar-refractivity contribution in [3.8, 4) is 0 Å². The first-order chi connectivity index (χ1) is 5.70. The van der Waals surface area contributed by atoms with Crippen LogP contribution in [0.5, 0.6) is 0 Å². The van der Waals surface area contributed by atoms with Crippen LogP contribution in [-0.4, -0.2) is 26.7 Å². The van der Waals surface area contributed by atoms with Gasteiger partial charge >= 0.3 is 0 Å². The number of hydrogen-bond acceptors (Lipinski definition) is 5. The minimum Gasteiger partial charge on any atom is -0.321 e. The fourth-order valence-electron chi connectivity index (χ4n) is 0.998. The summed E-state index contributed by atoms with van der Waals surface area (Å²) in [4.78, 5) is 22.9. The monoisotopic (exact) mass is 164 g/mol. The highest BCUT2D eigenvalue weighted by atomic mass is 16.1. The Morgan fingerprint density at radius 1 is 1.25 bits per heavy atom. The molecule has 6 heteroatoms. The van der Waals surface area contributed by atoms with Gasteiger partial charge in [0, 0.05) is 0 Å². The van der Waals surface area contributed by atoms with E-state index < -0.39 is 0 Å². The summed E-state index contributed by atoms with van der Waals surface area (Å²) in [5, 5.41) is 6.82. The lowest BCUT2D eigenvalue weighted by atomic mass is 10.1. The number of nitrogens with zero attached hydrogens (tertiary/aromatic N) is 3. The predicted octanol–water partition coefficient (Wildman–Crippen LogP) is -1.07.